The van der Waals surface area contributed by atoms with Gasteiger partial charge in [0.05, 0.1) is 33.4 Å². The van der Waals surface area contributed by atoms with Gasteiger partial charge in [-0.1, -0.05) is 0 Å². The van der Waals surface area contributed by atoms with Crippen molar-refractivity contribution >= 4 is 0 Å². The summed E-state index contributed by atoms with van der Waals surface area (Å²) in [5.41, 5.74) is -5.38. The first kappa shape index (κ1) is 35.5. The number of benzene rings is 6. The molecule has 278 valence electrons. The lowest BCUT2D eigenvalue weighted by Gasteiger charge is -2.22. The maximum absolute atomic E-state index is 11.6. The molecule has 0 saturated carbocycles. The molecule has 0 aliphatic rings. The van der Waals surface area contributed by atoms with Crippen LogP contribution in [0.25, 0.3) is 33.4 Å². The zero-order chi connectivity index (χ0) is 39.5. The first-order valence-electron chi connectivity index (χ1n) is 14.9. The minimum atomic E-state index is -1.27. The highest BCUT2D eigenvalue weighted by Gasteiger charge is 2.34. The second-order valence-corrected chi connectivity index (χ2v) is 11.5. The van der Waals surface area contributed by atoms with Crippen LogP contribution >= 0.6 is 0 Å². The first-order chi connectivity index (χ1) is 25.4. The van der Waals surface area contributed by atoms with Gasteiger partial charge in [0.2, 0.25) is 11.5 Å². The Bertz CT molecular complexity index is 2270. The van der Waals surface area contributed by atoms with Crippen molar-refractivity contribution in [3.05, 3.63) is 60.7 Å². The molecule has 0 aliphatic carbocycles. The van der Waals surface area contributed by atoms with E-state index in [0.717, 1.165) is 48.5 Å². The molecule has 54 heavy (non-hydrogen) atoms. The monoisotopic (exact) mass is 746 g/mol. The molecule has 0 saturated heterocycles. The van der Waals surface area contributed by atoms with Crippen LogP contribution in [0.5, 0.6) is 115 Å². The Morgan fingerprint density at radius 3 is 0.685 bits per heavy atom. The summed E-state index contributed by atoms with van der Waals surface area (Å²) in [4.78, 5) is 0. The fraction of sp³-hybridized carbons (Fsp3) is 0. The average Bonchev–Trinajstić information content (AvgIpc) is 3.04. The lowest BCUT2D eigenvalue weighted by molar-refractivity contribution is 0.365. The van der Waals surface area contributed by atoms with Crippen LogP contribution < -0.4 is 9.47 Å². The summed E-state index contributed by atoms with van der Waals surface area (Å²) < 4.78 is 10.7. The molecule has 0 radical (unpaired) electrons. The predicted octanol–water partition coefficient (Wildman–Crippen LogP) is 5.56. The van der Waals surface area contributed by atoms with E-state index in [4.69, 9.17) is 9.47 Å². The van der Waals surface area contributed by atoms with Crippen LogP contribution in [0.2, 0.25) is 0 Å². The summed E-state index contributed by atoms with van der Waals surface area (Å²) in [6.45, 7) is 0. The van der Waals surface area contributed by atoms with Crippen molar-refractivity contribution < 1.29 is 91.2 Å². The fourth-order valence-corrected chi connectivity index (χ4v) is 5.69. The zero-order valence-corrected chi connectivity index (χ0v) is 26.7. The summed E-state index contributed by atoms with van der Waals surface area (Å²) >= 11 is 0. The summed E-state index contributed by atoms with van der Waals surface area (Å²) in [6, 6.07) is 7.62. The highest BCUT2D eigenvalue weighted by atomic mass is 16.5. The van der Waals surface area contributed by atoms with Crippen LogP contribution in [0.3, 0.4) is 0 Å². The molecule has 0 aromatic heterocycles. The Labute approximate surface area is 300 Å². The number of hydrogen-bond donors (Lipinski definition) is 16. The van der Waals surface area contributed by atoms with E-state index in [-0.39, 0.29) is 0 Å². The van der Waals surface area contributed by atoms with Crippen LogP contribution in [0.15, 0.2) is 60.7 Å². The van der Waals surface area contributed by atoms with E-state index in [2.05, 4.69) is 0 Å². The van der Waals surface area contributed by atoms with Crippen molar-refractivity contribution in [1.82, 2.24) is 0 Å². The molecule has 0 unspecified atom stereocenters. The molecule has 0 aliphatic heterocycles. The van der Waals surface area contributed by atoms with E-state index in [1.54, 1.807) is 0 Å². The van der Waals surface area contributed by atoms with E-state index < -0.39 is 148 Å². The van der Waals surface area contributed by atoms with Gasteiger partial charge in [0, 0.05) is 60.7 Å². The third-order valence-corrected chi connectivity index (χ3v) is 7.90. The lowest BCUT2D eigenvalue weighted by Crippen LogP contribution is -1.95. The lowest BCUT2D eigenvalue weighted by atomic mass is 9.87. The van der Waals surface area contributed by atoms with Crippen molar-refractivity contribution in [3.8, 4) is 148 Å². The molecule has 18 heteroatoms. The maximum Gasteiger partial charge on any atom is 0.210 e. The third kappa shape index (κ3) is 5.96. The van der Waals surface area contributed by atoms with Crippen molar-refractivity contribution in [2.45, 2.75) is 0 Å². The molecule has 0 amide bonds. The molecule has 0 spiro atoms. The van der Waals surface area contributed by atoms with Crippen molar-refractivity contribution in [3.63, 3.8) is 0 Å². The Hall–Kier alpha value is -8.28. The number of phenolic OH excluding ortho intramolecular Hbond substituents is 16. The molecule has 6 aromatic rings. The van der Waals surface area contributed by atoms with E-state index in [1.807, 2.05) is 0 Å². The number of ether oxygens (including phenoxy) is 2. The molecule has 18 nitrogen and oxygen atoms in total. The van der Waals surface area contributed by atoms with Gasteiger partial charge in [-0.2, -0.15) is 0 Å². The number of aromatic hydroxyl groups is 16. The predicted molar refractivity (Wildman–Crippen MR) is 182 cm³/mol. The van der Waals surface area contributed by atoms with Gasteiger partial charge in [0.1, 0.15) is 80.5 Å². The smallest absolute Gasteiger partial charge is 0.210 e. The highest BCUT2D eigenvalue weighted by Crippen LogP contribution is 2.63. The first-order valence-corrected chi connectivity index (χ1v) is 14.9. The quantitative estimate of drug-likeness (QED) is 0.0949. The minimum Gasteiger partial charge on any atom is -0.508 e. The van der Waals surface area contributed by atoms with Gasteiger partial charge < -0.3 is 91.2 Å². The Morgan fingerprint density at radius 1 is 0.241 bits per heavy atom. The van der Waals surface area contributed by atoms with Crippen molar-refractivity contribution in [2.75, 3.05) is 0 Å². The zero-order valence-electron chi connectivity index (χ0n) is 26.7. The molecular formula is C36H26O18. The Kier molecular flexibility index (Phi) is 8.42. The Balaban J connectivity index is 1.60. The highest BCUT2D eigenvalue weighted by molar-refractivity contribution is 6.04. The third-order valence-electron chi connectivity index (χ3n) is 7.90. The van der Waals surface area contributed by atoms with Crippen molar-refractivity contribution in [2.24, 2.45) is 0 Å². The molecule has 0 fully saturated rings. The molecular weight excluding hydrogens is 720 g/mol. The van der Waals surface area contributed by atoms with E-state index in [0.29, 0.717) is 12.1 Å². The topological polar surface area (TPSA) is 342 Å². The SMILES string of the molecule is Oc1cc(O)c(Oc2cc(O)c(-c3c(O)c(-c4c(O)cc(O)cc4O)c(O)c(-c4c(O)cc(Oc5c(O)cc(O)cc5O)cc4O)c3O)c(O)c2)c(O)c1. The fourth-order valence-electron chi connectivity index (χ4n) is 5.69. The molecule has 6 rings (SSSR count). The summed E-state index contributed by atoms with van der Waals surface area (Å²) in [5, 5.41) is 170. The molecule has 0 atom stereocenters. The molecule has 6 aromatic carbocycles. The summed E-state index contributed by atoms with van der Waals surface area (Å²) in [7, 11) is 0. The summed E-state index contributed by atoms with van der Waals surface area (Å²) in [6.07, 6.45) is 0. The maximum atomic E-state index is 11.6. The van der Waals surface area contributed by atoms with E-state index in [1.165, 1.54) is 0 Å². The summed E-state index contributed by atoms with van der Waals surface area (Å²) in [5.74, 6) is -16.8. The number of rotatable bonds is 7. The second-order valence-electron chi connectivity index (χ2n) is 11.5. The van der Waals surface area contributed by atoms with Crippen LogP contribution in [0, 0.1) is 0 Å². The van der Waals surface area contributed by atoms with Gasteiger partial charge >= 0.3 is 0 Å². The normalized spacial score (nSPS) is 11.0. The number of hydrogen-bond acceptors (Lipinski definition) is 18. The van der Waals surface area contributed by atoms with Crippen LogP contribution in [0.1, 0.15) is 0 Å². The molecule has 0 heterocycles. The molecule has 0 bridgehead atoms. The Morgan fingerprint density at radius 2 is 0.444 bits per heavy atom. The largest absolute Gasteiger partial charge is 0.508 e. The van der Waals surface area contributed by atoms with E-state index in [9.17, 15) is 81.7 Å². The van der Waals surface area contributed by atoms with Gasteiger partial charge in [-0.25, -0.2) is 0 Å². The van der Waals surface area contributed by atoms with Gasteiger partial charge in [-0.3, -0.25) is 0 Å². The van der Waals surface area contributed by atoms with Gasteiger partial charge in [0.15, 0.2) is 23.0 Å². The van der Waals surface area contributed by atoms with Crippen LogP contribution in [0.4, 0.5) is 0 Å². The minimum absolute atomic E-state index is 0.478. The molecule has 16 N–H and O–H groups in total. The number of phenols is 16. The van der Waals surface area contributed by atoms with Crippen molar-refractivity contribution in [1.29, 1.82) is 0 Å². The van der Waals surface area contributed by atoms with Gasteiger partial charge in [-0.05, 0) is 0 Å². The van der Waals surface area contributed by atoms with Gasteiger partial charge in [-0.15, -0.1) is 0 Å². The van der Waals surface area contributed by atoms with Crippen LogP contribution in [-0.2, 0) is 0 Å². The van der Waals surface area contributed by atoms with Gasteiger partial charge in [0.25, 0.3) is 0 Å². The average molecular weight is 747 g/mol. The van der Waals surface area contributed by atoms with Crippen LogP contribution in [-0.4, -0.2) is 81.7 Å². The van der Waals surface area contributed by atoms with E-state index >= 15 is 0 Å². The second kappa shape index (κ2) is 12.8. The standard InChI is InChI=1S/C36H26O18/c37-11-1-16(40)26(17(41)2-11)29-32(50)30(27-18(42)7-14(8-19(27)43)53-35-22(46)3-12(38)4-23(35)47)34(52)31(33(29)51)28-20(44)9-15(10-21(28)45)54-36-24(48)5-13(39)6-25(36)49/h1-10,37-52H.